The van der Waals surface area contributed by atoms with Crippen LogP contribution in [0.3, 0.4) is 0 Å². The fraction of sp³-hybridized carbons (Fsp3) is 0.273. The van der Waals surface area contributed by atoms with E-state index in [2.05, 4.69) is 0 Å². The van der Waals surface area contributed by atoms with E-state index >= 15 is 0 Å². The molecular weight excluding hydrogens is 370 g/mol. The van der Waals surface area contributed by atoms with Gasteiger partial charge in [0, 0.05) is 11.7 Å². The molecular formula is C22H23N3O4. The van der Waals surface area contributed by atoms with Crippen LogP contribution in [0, 0.1) is 6.92 Å². The average molecular weight is 393 g/mol. The highest BCUT2D eigenvalue weighted by molar-refractivity contribution is 6.45. The minimum atomic E-state index is -0.971. The second-order valence-electron chi connectivity index (χ2n) is 7.25. The maximum Gasteiger partial charge on any atom is 0.334 e. The van der Waals surface area contributed by atoms with Crippen molar-refractivity contribution < 1.29 is 19.2 Å². The van der Waals surface area contributed by atoms with E-state index in [0.29, 0.717) is 5.69 Å². The Bertz CT molecular complexity index is 956. The minimum absolute atomic E-state index is 0.279. The lowest BCUT2D eigenvalue weighted by Gasteiger charge is -2.25. The van der Waals surface area contributed by atoms with Crippen LogP contribution in [-0.4, -0.2) is 46.1 Å². The van der Waals surface area contributed by atoms with Gasteiger partial charge < -0.3 is 4.90 Å². The summed E-state index contributed by atoms with van der Waals surface area (Å²) >= 11 is 0. The molecule has 0 radical (unpaired) electrons. The van der Waals surface area contributed by atoms with Crippen LogP contribution in [0.1, 0.15) is 25.0 Å². The molecule has 0 saturated carbocycles. The van der Waals surface area contributed by atoms with Crippen LogP contribution in [0.5, 0.6) is 0 Å². The molecule has 150 valence electrons. The van der Waals surface area contributed by atoms with Crippen LogP contribution < -0.4 is 4.90 Å². The molecule has 1 fully saturated rings. The normalized spacial score (nSPS) is 14.1. The second-order valence-corrected chi connectivity index (χ2v) is 7.25. The Morgan fingerprint density at radius 2 is 1.66 bits per heavy atom. The van der Waals surface area contributed by atoms with E-state index in [0.717, 1.165) is 20.9 Å². The molecule has 1 aliphatic heterocycles. The summed E-state index contributed by atoms with van der Waals surface area (Å²) in [6, 6.07) is 15.6. The first-order valence-electron chi connectivity index (χ1n) is 9.39. The summed E-state index contributed by atoms with van der Waals surface area (Å²) in [6.07, 6.45) is 0. The Balaban J connectivity index is 1.88. The van der Waals surface area contributed by atoms with Gasteiger partial charge in [-0.3, -0.25) is 19.3 Å². The molecule has 29 heavy (non-hydrogen) atoms. The lowest BCUT2D eigenvalue weighted by Crippen LogP contribution is -2.44. The summed E-state index contributed by atoms with van der Waals surface area (Å²) in [7, 11) is 0. The molecule has 7 nitrogen and oxygen atoms in total. The van der Waals surface area contributed by atoms with E-state index in [1.165, 1.54) is 4.90 Å². The Morgan fingerprint density at radius 1 is 0.966 bits per heavy atom. The zero-order valence-electron chi connectivity index (χ0n) is 16.7. The molecule has 0 bridgehead atoms. The van der Waals surface area contributed by atoms with Gasteiger partial charge in [0.15, 0.2) is 0 Å². The molecule has 0 atom stereocenters. The summed E-state index contributed by atoms with van der Waals surface area (Å²) < 4.78 is 0. The highest BCUT2D eigenvalue weighted by Crippen LogP contribution is 2.21. The summed E-state index contributed by atoms with van der Waals surface area (Å²) in [5.41, 5.74) is 2.54. The quantitative estimate of drug-likeness (QED) is 0.558. The van der Waals surface area contributed by atoms with Crippen LogP contribution >= 0.6 is 0 Å². The van der Waals surface area contributed by atoms with Crippen molar-refractivity contribution in [2.24, 2.45) is 0 Å². The molecule has 2 aromatic rings. The highest BCUT2D eigenvalue weighted by Gasteiger charge is 2.46. The van der Waals surface area contributed by atoms with Gasteiger partial charge in [-0.15, -0.1) is 0 Å². The predicted molar refractivity (Wildman–Crippen MR) is 108 cm³/mol. The SMILES string of the molecule is Cc1cccc(N(Cc2ccccc2)C(=O)CN2C(=O)C(=O)N(C(C)C)C2=O)c1. The number of urea groups is 1. The Kier molecular flexibility index (Phi) is 5.77. The van der Waals surface area contributed by atoms with Crippen molar-refractivity contribution in [1.29, 1.82) is 0 Å². The first-order valence-corrected chi connectivity index (χ1v) is 9.39. The first kappa shape index (κ1) is 20.3. The number of rotatable bonds is 6. The van der Waals surface area contributed by atoms with Crippen molar-refractivity contribution in [3.05, 3.63) is 65.7 Å². The number of anilines is 1. The number of carbonyl (C=O) groups is 4. The van der Waals surface area contributed by atoms with Gasteiger partial charge >= 0.3 is 17.8 Å². The van der Waals surface area contributed by atoms with Crippen LogP contribution in [0.4, 0.5) is 10.5 Å². The van der Waals surface area contributed by atoms with Crippen molar-refractivity contribution in [3.63, 3.8) is 0 Å². The van der Waals surface area contributed by atoms with Crippen LogP contribution in [-0.2, 0) is 20.9 Å². The molecule has 0 aliphatic carbocycles. The number of nitrogens with zero attached hydrogens (tertiary/aromatic N) is 3. The molecule has 0 unspecified atom stereocenters. The van der Waals surface area contributed by atoms with Crippen molar-refractivity contribution in [3.8, 4) is 0 Å². The standard InChI is InChI=1S/C22H23N3O4/c1-15(2)25-21(28)20(27)24(22(25)29)14-19(26)23(13-17-9-5-4-6-10-17)18-11-7-8-16(3)12-18/h4-12,15H,13-14H2,1-3H3. The topological polar surface area (TPSA) is 78.0 Å². The number of benzene rings is 2. The molecule has 5 amide bonds. The third-order valence-electron chi connectivity index (χ3n) is 4.69. The smallest absolute Gasteiger partial charge is 0.306 e. The summed E-state index contributed by atoms with van der Waals surface area (Å²) in [5.74, 6) is -2.32. The van der Waals surface area contributed by atoms with E-state index in [4.69, 9.17) is 0 Å². The van der Waals surface area contributed by atoms with Gasteiger partial charge in [-0.25, -0.2) is 9.69 Å². The van der Waals surface area contributed by atoms with E-state index < -0.39 is 36.3 Å². The zero-order chi connectivity index (χ0) is 21.1. The van der Waals surface area contributed by atoms with Crippen molar-refractivity contribution in [2.45, 2.75) is 33.4 Å². The number of aryl methyl sites for hydroxylation is 1. The number of hydrogen-bond acceptors (Lipinski definition) is 4. The minimum Gasteiger partial charge on any atom is -0.306 e. The van der Waals surface area contributed by atoms with Crippen molar-refractivity contribution in [2.75, 3.05) is 11.4 Å². The number of hydrogen-bond donors (Lipinski definition) is 0. The molecule has 3 rings (SSSR count). The Morgan fingerprint density at radius 3 is 2.24 bits per heavy atom. The summed E-state index contributed by atoms with van der Waals surface area (Å²) in [4.78, 5) is 53.2. The van der Waals surface area contributed by atoms with Gasteiger partial charge in [0.1, 0.15) is 6.54 Å². The average Bonchev–Trinajstić information content (AvgIpc) is 2.90. The van der Waals surface area contributed by atoms with Crippen LogP contribution in [0.25, 0.3) is 0 Å². The lowest BCUT2D eigenvalue weighted by molar-refractivity contribution is -0.144. The van der Waals surface area contributed by atoms with Gasteiger partial charge in [0.25, 0.3) is 0 Å². The maximum atomic E-state index is 13.1. The van der Waals surface area contributed by atoms with E-state index in [1.807, 2.05) is 55.5 Å². The molecule has 1 heterocycles. The van der Waals surface area contributed by atoms with Gasteiger partial charge in [-0.2, -0.15) is 0 Å². The van der Waals surface area contributed by atoms with Crippen molar-refractivity contribution >= 4 is 29.4 Å². The van der Waals surface area contributed by atoms with Crippen molar-refractivity contribution in [1.82, 2.24) is 9.80 Å². The van der Waals surface area contributed by atoms with E-state index in [-0.39, 0.29) is 6.54 Å². The molecule has 1 saturated heterocycles. The van der Waals surface area contributed by atoms with Gasteiger partial charge in [-0.05, 0) is 44.0 Å². The Labute approximate surface area is 169 Å². The highest BCUT2D eigenvalue weighted by atomic mass is 16.2. The number of imide groups is 2. The summed E-state index contributed by atoms with van der Waals surface area (Å²) in [5, 5.41) is 0. The number of carbonyl (C=O) groups excluding carboxylic acids is 4. The molecule has 0 aromatic heterocycles. The molecule has 1 aliphatic rings. The van der Waals surface area contributed by atoms with E-state index in [9.17, 15) is 19.2 Å². The van der Waals surface area contributed by atoms with Gasteiger partial charge in [-0.1, -0.05) is 42.5 Å². The van der Waals surface area contributed by atoms with Gasteiger partial charge in [0.05, 0.1) is 6.54 Å². The van der Waals surface area contributed by atoms with Gasteiger partial charge in [0.2, 0.25) is 5.91 Å². The zero-order valence-corrected chi connectivity index (χ0v) is 16.7. The molecule has 0 spiro atoms. The molecule has 0 N–H and O–H groups in total. The first-order chi connectivity index (χ1) is 13.8. The molecule has 7 heteroatoms. The maximum absolute atomic E-state index is 13.1. The second kappa shape index (κ2) is 8.26. The van der Waals surface area contributed by atoms with Crippen LogP contribution in [0.2, 0.25) is 0 Å². The van der Waals surface area contributed by atoms with E-state index in [1.54, 1.807) is 19.9 Å². The predicted octanol–water partition coefficient (Wildman–Crippen LogP) is 2.73. The third kappa shape index (κ3) is 4.18. The summed E-state index contributed by atoms with van der Waals surface area (Å²) in [6.45, 7) is 4.99. The number of amides is 5. The fourth-order valence-electron chi connectivity index (χ4n) is 3.22. The monoisotopic (exact) mass is 393 g/mol. The third-order valence-corrected chi connectivity index (χ3v) is 4.69. The fourth-order valence-corrected chi connectivity index (χ4v) is 3.22. The lowest BCUT2D eigenvalue weighted by atomic mass is 10.1. The molecule has 2 aromatic carbocycles. The largest absolute Gasteiger partial charge is 0.334 e. The Hall–Kier alpha value is -3.48. The van der Waals surface area contributed by atoms with Crippen LogP contribution in [0.15, 0.2) is 54.6 Å².